The van der Waals surface area contributed by atoms with E-state index in [0.29, 0.717) is 23.3 Å². The fraction of sp³-hybridized carbons (Fsp3) is 0.346. The number of carbonyl (C=O) groups excluding carboxylic acids is 3. The van der Waals surface area contributed by atoms with Crippen LogP contribution < -0.4 is 10.1 Å². The Labute approximate surface area is 186 Å². The Hall–Kier alpha value is -3.41. The SMILES string of the molecule is Cc1ccc(Oc2ccc(NC(=O)CN3C(=O)[C@@H]4[C@H]5C=C[C@H]([C@H]6C[C@H]56)[C@@H]4C3=O)cc2)cc1. The predicted molar refractivity (Wildman–Crippen MR) is 118 cm³/mol. The molecule has 1 aliphatic heterocycles. The fourth-order valence-electron chi connectivity index (χ4n) is 5.87. The minimum atomic E-state index is -0.372. The third-order valence-corrected chi connectivity index (χ3v) is 7.45. The molecule has 0 radical (unpaired) electrons. The van der Waals surface area contributed by atoms with Gasteiger partial charge in [-0.15, -0.1) is 0 Å². The Bertz CT molecular complexity index is 1100. The first-order valence-corrected chi connectivity index (χ1v) is 11.2. The molecule has 6 heteroatoms. The summed E-state index contributed by atoms with van der Waals surface area (Å²) in [4.78, 5) is 39.8. The van der Waals surface area contributed by atoms with Crippen molar-refractivity contribution in [2.24, 2.45) is 35.5 Å². The number of hydrogen-bond donors (Lipinski definition) is 1. The van der Waals surface area contributed by atoms with Gasteiger partial charge in [-0.2, -0.15) is 0 Å². The van der Waals surface area contributed by atoms with Crippen LogP contribution in [0.3, 0.4) is 0 Å². The van der Waals surface area contributed by atoms with Gasteiger partial charge in [-0.25, -0.2) is 0 Å². The maximum absolute atomic E-state index is 13.0. The molecular formula is C26H24N2O4. The van der Waals surface area contributed by atoms with Crippen molar-refractivity contribution in [2.75, 3.05) is 11.9 Å². The van der Waals surface area contributed by atoms with Crippen molar-refractivity contribution in [2.45, 2.75) is 13.3 Å². The highest BCUT2D eigenvalue weighted by Crippen LogP contribution is 2.65. The first kappa shape index (κ1) is 19.3. The van der Waals surface area contributed by atoms with Crippen molar-refractivity contribution >= 4 is 23.4 Å². The van der Waals surface area contributed by atoms with Crippen LogP contribution in [0.4, 0.5) is 5.69 Å². The number of anilines is 1. The summed E-state index contributed by atoms with van der Waals surface area (Å²) >= 11 is 0. The molecule has 3 fully saturated rings. The zero-order valence-corrected chi connectivity index (χ0v) is 17.7. The van der Waals surface area contributed by atoms with Crippen molar-refractivity contribution < 1.29 is 19.1 Å². The summed E-state index contributed by atoms with van der Waals surface area (Å²) in [7, 11) is 0. The summed E-state index contributed by atoms with van der Waals surface area (Å²) in [5, 5.41) is 2.79. The number of likely N-dealkylation sites (tertiary alicyclic amines) is 1. The zero-order valence-electron chi connectivity index (χ0n) is 17.7. The van der Waals surface area contributed by atoms with Crippen LogP contribution in [0, 0.1) is 42.4 Å². The molecule has 7 rings (SSSR count). The number of benzene rings is 2. The number of aryl methyl sites for hydroxylation is 1. The monoisotopic (exact) mass is 428 g/mol. The van der Waals surface area contributed by atoms with E-state index in [4.69, 9.17) is 4.74 Å². The van der Waals surface area contributed by atoms with Gasteiger partial charge in [0.05, 0.1) is 11.8 Å². The molecule has 4 aliphatic carbocycles. The fourth-order valence-corrected chi connectivity index (χ4v) is 5.87. The largest absolute Gasteiger partial charge is 0.457 e. The molecule has 0 aromatic heterocycles. The third-order valence-electron chi connectivity index (χ3n) is 7.45. The Morgan fingerprint density at radius 1 is 0.906 bits per heavy atom. The molecule has 6 atom stereocenters. The Balaban J connectivity index is 1.09. The zero-order chi connectivity index (χ0) is 22.0. The van der Waals surface area contributed by atoms with Crippen LogP contribution in [0.2, 0.25) is 0 Å². The van der Waals surface area contributed by atoms with Crippen LogP contribution in [0.1, 0.15) is 12.0 Å². The number of rotatable bonds is 5. The predicted octanol–water partition coefficient (Wildman–Crippen LogP) is 3.78. The number of allylic oxidation sites excluding steroid dienone is 2. The van der Waals surface area contributed by atoms with Gasteiger partial charge in [0.25, 0.3) is 0 Å². The van der Waals surface area contributed by atoms with Gasteiger partial charge in [-0.3, -0.25) is 19.3 Å². The lowest BCUT2D eigenvalue weighted by Crippen LogP contribution is -2.40. The van der Waals surface area contributed by atoms with Gasteiger partial charge in [0.15, 0.2) is 0 Å². The number of nitrogens with zero attached hydrogens (tertiary/aromatic N) is 1. The molecule has 2 aromatic carbocycles. The molecule has 1 saturated heterocycles. The first-order chi connectivity index (χ1) is 15.5. The molecule has 0 unspecified atom stereocenters. The smallest absolute Gasteiger partial charge is 0.244 e. The van der Waals surface area contributed by atoms with Gasteiger partial charge in [0, 0.05) is 5.69 Å². The van der Waals surface area contributed by atoms with Crippen molar-refractivity contribution in [3.8, 4) is 11.5 Å². The number of carbonyl (C=O) groups is 3. The van der Waals surface area contributed by atoms with E-state index in [-0.39, 0.29) is 47.9 Å². The van der Waals surface area contributed by atoms with Crippen LogP contribution in [0.25, 0.3) is 0 Å². The van der Waals surface area contributed by atoms with Crippen molar-refractivity contribution in [3.05, 3.63) is 66.2 Å². The summed E-state index contributed by atoms with van der Waals surface area (Å²) in [5.41, 5.74) is 1.75. The van der Waals surface area contributed by atoms with Gasteiger partial charge < -0.3 is 10.1 Å². The topological polar surface area (TPSA) is 75.7 Å². The third kappa shape index (κ3) is 3.05. The number of amides is 3. The quantitative estimate of drug-likeness (QED) is 0.581. The molecule has 6 nitrogen and oxygen atoms in total. The van der Waals surface area contributed by atoms with Gasteiger partial charge in [0.2, 0.25) is 17.7 Å². The average molecular weight is 428 g/mol. The van der Waals surface area contributed by atoms with E-state index in [9.17, 15) is 14.4 Å². The minimum absolute atomic E-state index is 0.167. The molecule has 1 heterocycles. The molecular weight excluding hydrogens is 404 g/mol. The van der Waals surface area contributed by atoms with E-state index >= 15 is 0 Å². The molecule has 162 valence electrons. The maximum Gasteiger partial charge on any atom is 0.244 e. The minimum Gasteiger partial charge on any atom is -0.457 e. The average Bonchev–Trinajstić information content (AvgIpc) is 3.58. The summed E-state index contributed by atoms with van der Waals surface area (Å²) < 4.78 is 5.81. The Kier molecular flexibility index (Phi) is 4.25. The number of imide groups is 1. The summed E-state index contributed by atoms with van der Waals surface area (Å²) in [6.45, 7) is 1.78. The normalized spacial score (nSPS) is 31.3. The molecule has 0 spiro atoms. The molecule has 1 N–H and O–H groups in total. The second-order valence-corrected chi connectivity index (χ2v) is 9.40. The van der Waals surface area contributed by atoms with E-state index in [1.165, 1.54) is 4.90 Å². The van der Waals surface area contributed by atoms with Crippen LogP contribution in [-0.2, 0) is 14.4 Å². The van der Waals surface area contributed by atoms with Gasteiger partial charge >= 0.3 is 0 Å². The molecule has 32 heavy (non-hydrogen) atoms. The summed E-state index contributed by atoms with van der Waals surface area (Å²) in [5.74, 6) is 1.56. The van der Waals surface area contributed by atoms with Crippen molar-refractivity contribution in [3.63, 3.8) is 0 Å². The van der Waals surface area contributed by atoms with Gasteiger partial charge in [0.1, 0.15) is 18.0 Å². The van der Waals surface area contributed by atoms with Gasteiger partial charge in [-0.1, -0.05) is 29.8 Å². The molecule has 2 aromatic rings. The van der Waals surface area contributed by atoms with E-state index in [2.05, 4.69) is 17.5 Å². The van der Waals surface area contributed by atoms with Crippen LogP contribution in [0.5, 0.6) is 11.5 Å². The lowest BCUT2D eigenvalue weighted by Gasteiger charge is -2.37. The lowest BCUT2D eigenvalue weighted by atomic mass is 9.63. The van der Waals surface area contributed by atoms with E-state index in [1.807, 2.05) is 31.2 Å². The van der Waals surface area contributed by atoms with E-state index < -0.39 is 0 Å². The van der Waals surface area contributed by atoms with Crippen molar-refractivity contribution in [1.29, 1.82) is 0 Å². The summed E-state index contributed by atoms with van der Waals surface area (Å²) in [6.07, 6.45) is 5.39. The van der Waals surface area contributed by atoms with Crippen LogP contribution in [0.15, 0.2) is 60.7 Å². The molecule has 2 saturated carbocycles. The second-order valence-electron chi connectivity index (χ2n) is 9.40. The first-order valence-electron chi connectivity index (χ1n) is 11.2. The van der Waals surface area contributed by atoms with Gasteiger partial charge in [-0.05, 0) is 73.4 Å². The molecule has 5 aliphatic rings. The Morgan fingerprint density at radius 3 is 2.00 bits per heavy atom. The second kappa shape index (κ2) is 7.05. The van der Waals surface area contributed by atoms with E-state index in [0.717, 1.165) is 17.7 Å². The number of hydrogen-bond acceptors (Lipinski definition) is 4. The number of nitrogens with one attached hydrogen (secondary N) is 1. The van der Waals surface area contributed by atoms with Crippen LogP contribution >= 0.6 is 0 Å². The van der Waals surface area contributed by atoms with E-state index in [1.54, 1.807) is 24.3 Å². The Morgan fingerprint density at radius 2 is 1.44 bits per heavy atom. The highest BCUT2D eigenvalue weighted by molar-refractivity contribution is 6.09. The maximum atomic E-state index is 13.0. The molecule has 3 amide bonds. The summed E-state index contributed by atoms with van der Waals surface area (Å²) in [6, 6.07) is 14.8. The van der Waals surface area contributed by atoms with Crippen molar-refractivity contribution in [1.82, 2.24) is 4.90 Å². The highest BCUT2D eigenvalue weighted by Gasteiger charge is 2.67. The highest BCUT2D eigenvalue weighted by atomic mass is 16.5. The molecule has 2 bridgehead atoms. The lowest BCUT2D eigenvalue weighted by molar-refractivity contribution is -0.142. The van der Waals surface area contributed by atoms with Crippen LogP contribution in [-0.4, -0.2) is 29.2 Å². The number of ether oxygens (including phenoxy) is 1. The standard InChI is InChI=1S/C26H24N2O4/c1-14-2-6-16(7-3-14)32-17-8-4-15(5-9-17)27-22(29)13-28-25(30)23-18-10-11-19(21-12-20(18)21)24(23)26(28)31/h2-11,18-21,23-24H,12-13H2,1H3,(H,27,29)/t18-,19+,20-,21-,23+,24-/m1/s1.